The first-order valence-corrected chi connectivity index (χ1v) is 28.1. The van der Waals surface area contributed by atoms with Crippen molar-refractivity contribution in [1.29, 1.82) is 0 Å². The van der Waals surface area contributed by atoms with Crippen LogP contribution in [0.5, 0.6) is 0 Å². The summed E-state index contributed by atoms with van der Waals surface area (Å²) in [5.74, 6) is 0.298. The molecule has 354 valence electrons. The standard InChI is InChI=1S/C74H46S2/c1-3-17-47(18-4-1)67-53-21-7-11-25-57(53)69(58-26-12-8-22-54(58)67)49-35-31-45(32-36-49)51-39-41-63-65(43-51)75-73-71(63)61-29-15-16-30-62(61)72-64-42-40-52(44-66(64)76-74(72)73)46-33-37-50(38-34-46)70-59-27-13-9-23-55(59)68(48-19-5-2-6-20-48)56-24-10-14-28-60(56)70/h1-33,35-44,46H,34H2. The van der Waals surface area contributed by atoms with E-state index in [9.17, 15) is 0 Å². The molecule has 0 fully saturated rings. The van der Waals surface area contributed by atoms with Gasteiger partial charge in [-0.15, -0.1) is 22.7 Å². The molecule has 2 heteroatoms. The van der Waals surface area contributed by atoms with Crippen LogP contribution in [0.15, 0.2) is 261 Å². The second kappa shape index (κ2) is 17.3. The molecule has 0 nitrogen and oxygen atoms in total. The van der Waals surface area contributed by atoms with Gasteiger partial charge in [-0.1, -0.05) is 249 Å². The Balaban J connectivity index is 0.762. The second-order valence-corrected chi connectivity index (χ2v) is 22.6. The number of rotatable bonds is 6. The molecule has 0 radical (unpaired) electrons. The van der Waals surface area contributed by atoms with Crippen LogP contribution in [0.25, 0.3) is 144 Å². The molecule has 0 saturated heterocycles. The fraction of sp³-hybridized carbons (Fsp3) is 0.0270. The molecule has 15 aromatic rings. The molecular formula is C74H46S2. The summed E-state index contributed by atoms with van der Waals surface area (Å²) in [4.78, 5) is 0. The Morgan fingerprint density at radius 3 is 1.11 bits per heavy atom. The zero-order valence-corrected chi connectivity index (χ0v) is 43.1. The van der Waals surface area contributed by atoms with E-state index in [4.69, 9.17) is 0 Å². The molecule has 2 aromatic heterocycles. The highest BCUT2D eigenvalue weighted by atomic mass is 32.1. The molecule has 1 aliphatic rings. The van der Waals surface area contributed by atoms with Gasteiger partial charge >= 0.3 is 0 Å². The highest BCUT2D eigenvalue weighted by Gasteiger charge is 2.23. The molecule has 16 rings (SSSR count). The number of hydrogen-bond acceptors (Lipinski definition) is 2. The van der Waals surface area contributed by atoms with E-state index in [1.807, 2.05) is 22.7 Å². The van der Waals surface area contributed by atoms with Gasteiger partial charge in [0.2, 0.25) is 0 Å². The number of benzene rings is 13. The summed E-state index contributed by atoms with van der Waals surface area (Å²) < 4.78 is 5.46. The zero-order valence-electron chi connectivity index (χ0n) is 41.4. The average molecular weight is 999 g/mol. The van der Waals surface area contributed by atoms with Gasteiger partial charge in [-0.05, 0) is 134 Å². The minimum absolute atomic E-state index is 0.298. The number of hydrogen-bond donors (Lipinski definition) is 0. The van der Waals surface area contributed by atoms with Gasteiger partial charge in [0.15, 0.2) is 0 Å². The molecule has 1 atom stereocenters. The van der Waals surface area contributed by atoms with Crippen molar-refractivity contribution in [1.82, 2.24) is 0 Å². The lowest BCUT2D eigenvalue weighted by molar-refractivity contribution is 0.859. The second-order valence-electron chi connectivity index (χ2n) is 20.5. The molecule has 0 amide bonds. The van der Waals surface area contributed by atoms with Crippen LogP contribution in [-0.4, -0.2) is 0 Å². The molecule has 13 aromatic carbocycles. The molecule has 76 heavy (non-hydrogen) atoms. The third-order valence-electron chi connectivity index (χ3n) is 16.4. The largest absolute Gasteiger partial charge is 0.134 e. The zero-order chi connectivity index (χ0) is 49.8. The van der Waals surface area contributed by atoms with Crippen LogP contribution in [0.1, 0.15) is 23.5 Å². The van der Waals surface area contributed by atoms with Gasteiger partial charge in [0.1, 0.15) is 0 Å². The molecular weight excluding hydrogens is 953 g/mol. The molecule has 0 spiro atoms. The first kappa shape index (κ1) is 43.5. The van der Waals surface area contributed by atoms with Gasteiger partial charge in [0.05, 0.1) is 9.40 Å². The first-order valence-electron chi connectivity index (χ1n) is 26.4. The van der Waals surface area contributed by atoms with Crippen LogP contribution < -0.4 is 0 Å². The maximum atomic E-state index is 2.49. The number of thiophene rings is 2. The minimum atomic E-state index is 0.298. The third-order valence-corrected chi connectivity index (χ3v) is 18.9. The van der Waals surface area contributed by atoms with E-state index in [2.05, 4.69) is 261 Å². The maximum absolute atomic E-state index is 2.49. The Hall–Kier alpha value is -8.92. The first-order chi connectivity index (χ1) is 37.7. The summed E-state index contributed by atoms with van der Waals surface area (Å²) in [5.41, 5.74) is 14.1. The Morgan fingerprint density at radius 1 is 0.289 bits per heavy atom. The van der Waals surface area contributed by atoms with E-state index in [-0.39, 0.29) is 0 Å². The van der Waals surface area contributed by atoms with Gasteiger partial charge in [-0.25, -0.2) is 0 Å². The number of fused-ring (bicyclic) bond motifs is 14. The van der Waals surface area contributed by atoms with Crippen LogP contribution in [0.3, 0.4) is 0 Å². The summed E-state index contributed by atoms with van der Waals surface area (Å²) in [6, 6.07) is 90.4. The highest BCUT2D eigenvalue weighted by molar-refractivity contribution is 7.33. The Morgan fingerprint density at radius 2 is 0.658 bits per heavy atom. The fourth-order valence-electron chi connectivity index (χ4n) is 13.0. The van der Waals surface area contributed by atoms with Crippen molar-refractivity contribution in [2.75, 3.05) is 0 Å². The summed E-state index contributed by atoms with van der Waals surface area (Å²) in [5, 5.41) is 18.4. The van der Waals surface area contributed by atoms with Crippen molar-refractivity contribution in [2.45, 2.75) is 12.3 Å². The fourth-order valence-corrected chi connectivity index (χ4v) is 15.7. The molecule has 2 heterocycles. The molecule has 0 aliphatic heterocycles. The molecule has 1 aliphatic carbocycles. The monoisotopic (exact) mass is 998 g/mol. The van der Waals surface area contributed by atoms with E-state index < -0.39 is 0 Å². The van der Waals surface area contributed by atoms with Crippen LogP contribution in [0.2, 0.25) is 0 Å². The van der Waals surface area contributed by atoms with Crippen molar-refractivity contribution in [3.05, 3.63) is 272 Å². The predicted molar refractivity (Wildman–Crippen MR) is 332 cm³/mol. The van der Waals surface area contributed by atoms with E-state index >= 15 is 0 Å². The summed E-state index contributed by atoms with van der Waals surface area (Å²) in [6.45, 7) is 0. The smallest absolute Gasteiger partial charge is 0.0540 e. The lowest BCUT2D eigenvalue weighted by Gasteiger charge is -2.21. The van der Waals surface area contributed by atoms with Crippen molar-refractivity contribution in [3.63, 3.8) is 0 Å². The third kappa shape index (κ3) is 6.68. The van der Waals surface area contributed by atoms with Crippen molar-refractivity contribution in [3.8, 4) is 44.5 Å². The topological polar surface area (TPSA) is 0 Å². The van der Waals surface area contributed by atoms with Crippen molar-refractivity contribution < 1.29 is 0 Å². The van der Waals surface area contributed by atoms with E-state index in [0.717, 1.165) is 6.42 Å². The van der Waals surface area contributed by atoms with Crippen molar-refractivity contribution >= 4 is 122 Å². The van der Waals surface area contributed by atoms with Gasteiger partial charge in [-0.3, -0.25) is 0 Å². The van der Waals surface area contributed by atoms with Gasteiger partial charge in [0.25, 0.3) is 0 Å². The van der Waals surface area contributed by atoms with Gasteiger partial charge in [0, 0.05) is 36.9 Å². The van der Waals surface area contributed by atoms with Crippen molar-refractivity contribution in [2.24, 2.45) is 0 Å². The quantitative estimate of drug-likeness (QED) is 0.146. The van der Waals surface area contributed by atoms with Crippen LogP contribution in [0.4, 0.5) is 0 Å². The Labute approximate surface area is 448 Å². The molecule has 0 saturated carbocycles. The Bertz CT molecular complexity index is 4820. The summed E-state index contributed by atoms with van der Waals surface area (Å²) in [6.07, 6.45) is 8.29. The lowest BCUT2D eigenvalue weighted by Crippen LogP contribution is -2.00. The normalized spacial score (nSPS) is 13.9. The average Bonchev–Trinajstić information content (AvgIpc) is 4.08. The van der Waals surface area contributed by atoms with Gasteiger partial charge in [-0.2, -0.15) is 0 Å². The summed E-state index contributed by atoms with van der Waals surface area (Å²) in [7, 11) is 0. The maximum Gasteiger partial charge on any atom is 0.0540 e. The molecule has 0 bridgehead atoms. The molecule has 1 unspecified atom stereocenters. The number of allylic oxidation sites excluding steroid dienone is 4. The summed E-state index contributed by atoms with van der Waals surface area (Å²) >= 11 is 3.93. The van der Waals surface area contributed by atoms with E-state index in [1.54, 1.807) is 0 Å². The lowest BCUT2D eigenvalue weighted by atomic mass is 9.82. The van der Waals surface area contributed by atoms with E-state index in [1.165, 1.54) is 155 Å². The van der Waals surface area contributed by atoms with Crippen LogP contribution >= 0.6 is 22.7 Å². The SMILES string of the molecule is C1=CC(c2ccc3c(c2)sc2c4sc5cc(-c6ccc(-c7c8ccccc8c(-c8ccccc8)c8ccccc78)cc6)ccc5c4c4ccccc4c32)CC=C1c1c2ccccc2c(-c2ccccc2)c2ccccc12. The van der Waals surface area contributed by atoms with Crippen LogP contribution in [-0.2, 0) is 0 Å². The predicted octanol–water partition coefficient (Wildman–Crippen LogP) is 22.0. The molecule has 0 N–H and O–H groups in total. The highest BCUT2D eigenvalue weighted by Crippen LogP contribution is 2.51. The minimum Gasteiger partial charge on any atom is -0.134 e. The van der Waals surface area contributed by atoms with Crippen LogP contribution in [0, 0.1) is 0 Å². The Kier molecular flexibility index (Phi) is 9.91. The van der Waals surface area contributed by atoms with E-state index in [0.29, 0.717) is 5.92 Å². The van der Waals surface area contributed by atoms with Gasteiger partial charge < -0.3 is 0 Å².